The summed E-state index contributed by atoms with van der Waals surface area (Å²) in [4.78, 5) is 26.2. The molecule has 0 unspecified atom stereocenters. The Bertz CT molecular complexity index is 899. The number of amides is 2. The molecule has 0 radical (unpaired) electrons. The first-order valence-corrected chi connectivity index (χ1v) is 8.68. The Balaban J connectivity index is 1.93. The monoisotopic (exact) mass is 369 g/mol. The van der Waals surface area contributed by atoms with Crippen LogP contribution >= 0.6 is 11.8 Å². The number of furan rings is 1. The molecule has 0 spiro atoms. The summed E-state index contributed by atoms with van der Waals surface area (Å²) in [5.74, 6) is 0.401. The molecule has 1 aliphatic rings. The van der Waals surface area contributed by atoms with Gasteiger partial charge in [-0.2, -0.15) is 5.26 Å². The molecule has 0 bridgehead atoms. The summed E-state index contributed by atoms with van der Waals surface area (Å²) in [7, 11) is 1.50. The number of hydrogen-bond acceptors (Lipinski definition) is 6. The van der Waals surface area contributed by atoms with Crippen LogP contribution in [0.25, 0.3) is 0 Å². The van der Waals surface area contributed by atoms with Gasteiger partial charge in [0.2, 0.25) is 5.91 Å². The zero-order chi connectivity index (χ0) is 18.5. The molecule has 0 aliphatic carbocycles. The highest BCUT2D eigenvalue weighted by atomic mass is 32.2. The maximum absolute atomic E-state index is 12.5. The van der Waals surface area contributed by atoms with E-state index in [0.717, 1.165) is 11.8 Å². The smallest absolute Gasteiger partial charge is 0.265 e. The average molecular weight is 369 g/mol. The second kappa shape index (κ2) is 7.80. The van der Waals surface area contributed by atoms with E-state index < -0.39 is 5.91 Å². The molecule has 0 saturated carbocycles. The van der Waals surface area contributed by atoms with Crippen molar-refractivity contribution in [3.63, 3.8) is 0 Å². The summed E-state index contributed by atoms with van der Waals surface area (Å²) < 4.78 is 10.5. The van der Waals surface area contributed by atoms with Crippen molar-refractivity contribution in [1.82, 2.24) is 5.32 Å². The first kappa shape index (κ1) is 17.6. The number of nitrogens with one attached hydrogen (secondary N) is 1. The van der Waals surface area contributed by atoms with Gasteiger partial charge < -0.3 is 14.5 Å². The lowest BCUT2D eigenvalue weighted by atomic mass is 10.2. The Kier molecular flexibility index (Phi) is 5.29. The number of para-hydroxylation sites is 2. The van der Waals surface area contributed by atoms with Gasteiger partial charge in [-0.3, -0.25) is 14.5 Å². The number of rotatable bonds is 5. The van der Waals surface area contributed by atoms with Gasteiger partial charge in [-0.1, -0.05) is 23.9 Å². The van der Waals surface area contributed by atoms with Gasteiger partial charge in [0, 0.05) is 0 Å². The molecule has 1 aliphatic heterocycles. The quantitative estimate of drug-likeness (QED) is 0.642. The van der Waals surface area contributed by atoms with Crippen LogP contribution in [0.5, 0.6) is 5.75 Å². The number of hydrogen-bond donors (Lipinski definition) is 1. The molecule has 26 heavy (non-hydrogen) atoms. The summed E-state index contributed by atoms with van der Waals surface area (Å²) in [5.41, 5.74) is 0.366. The van der Waals surface area contributed by atoms with E-state index >= 15 is 0 Å². The minimum Gasteiger partial charge on any atom is -0.495 e. The van der Waals surface area contributed by atoms with Crippen molar-refractivity contribution in [2.75, 3.05) is 17.8 Å². The number of nitriles is 1. The van der Waals surface area contributed by atoms with E-state index in [1.807, 2.05) is 6.07 Å². The summed E-state index contributed by atoms with van der Waals surface area (Å²) in [6.07, 6.45) is 1.50. The van der Waals surface area contributed by atoms with Gasteiger partial charge >= 0.3 is 0 Å². The molecule has 8 heteroatoms. The molecular weight excluding hydrogens is 354 g/mol. The molecule has 7 nitrogen and oxygen atoms in total. The summed E-state index contributed by atoms with van der Waals surface area (Å²) in [6.45, 7) is 0.150. The molecule has 1 aromatic carbocycles. The van der Waals surface area contributed by atoms with Crippen molar-refractivity contribution in [2.45, 2.75) is 6.54 Å². The van der Waals surface area contributed by atoms with E-state index in [4.69, 9.17) is 9.15 Å². The van der Waals surface area contributed by atoms with E-state index in [9.17, 15) is 14.9 Å². The van der Waals surface area contributed by atoms with Gasteiger partial charge in [0.05, 0.1) is 31.4 Å². The lowest BCUT2D eigenvalue weighted by Crippen LogP contribution is -2.29. The number of ether oxygens (including phenoxy) is 1. The van der Waals surface area contributed by atoms with Crippen LogP contribution in [0.3, 0.4) is 0 Å². The zero-order valence-corrected chi connectivity index (χ0v) is 14.7. The topological polar surface area (TPSA) is 95.6 Å². The summed E-state index contributed by atoms with van der Waals surface area (Å²) in [6, 6.07) is 12.3. The maximum atomic E-state index is 12.5. The highest BCUT2D eigenvalue weighted by molar-refractivity contribution is 8.04. The minimum absolute atomic E-state index is 0.127. The third-order valence-corrected chi connectivity index (χ3v) is 4.72. The molecule has 1 aromatic heterocycles. The highest BCUT2D eigenvalue weighted by Gasteiger charge is 2.34. The number of nitrogens with zero attached hydrogens (tertiary/aromatic N) is 2. The molecular formula is C18H15N3O4S. The van der Waals surface area contributed by atoms with Gasteiger partial charge in [0.15, 0.2) is 0 Å². The largest absolute Gasteiger partial charge is 0.495 e. The molecule has 2 amide bonds. The molecule has 1 N–H and O–H groups in total. The number of thioether (sulfide) groups is 1. The van der Waals surface area contributed by atoms with E-state index in [1.165, 1.54) is 18.3 Å². The predicted molar refractivity (Wildman–Crippen MR) is 96.1 cm³/mol. The Morgan fingerprint density at radius 1 is 1.38 bits per heavy atom. The number of anilines is 1. The molecule has 0 atom stereocenters. The van der Waals surface area contributed by atoms with Crippen molar-refractivity contribution in [2.24, 2.45) is 0 Å². The lowest BCUT2D eigenvalue weighted by Gasteiger charge is -2.20. The van der Waals surface area contributed by atoms with Crippen molar-refractivity contribution in [3.8, 4) is 11.8 Å². The second-order valence-electron chi connectivity index (χ2n) is 5.24. The normalized spacial score (nSPS) is 15.5. The van der Waals surface area contributed by atoms with E-state index in [0.29, 0.717) is 22.2 Å². The predicted octanol–water partition coefficient (Wildman–Crippen LogP) is 2.42. The lowest BCUT2D eigenvalue weighted by molar-refractivity contribution is -0.117. The van der Waals surface area contributed by atoms with Crippen molar-refractivity contribution in [1.29, 1.82) is 5.26 Å². The van der Waals surface area contributed by atoms with Crippen LogP contribution in [0.4, 0.5) is 5.69 Å². The van der Waals surface area contributed by atoms with Crippen LogP contribution in [0, 0.1) is 11.3 Å². The van der Waals surface area contributed by atoms with Gasteiger partial charge in [-0.05, 0) is 24.3 Å². The van der Waals surface area contributed by atoms with Gasteiger partial charge in [-0.15, -0.1) is 0 Å². The Hall–Kier alpha value is -3.18. The van der Waals surface area contributed by atoms with Gasteiger partial charge in [-0.25, -0.2) is 0 Å². The Morgan fingerprint density at radius 3 is 2.88 bits per heavy atom. The molecule has 1 saturated heterocycles. The zero-order valence-electron chi connectivity index (χ0n) is 13.9. The van der Waals surface area contributed by atoms with Crippen LogP contribution in [0.15, 0.2) is 57.7 Å². The van der Waals surface area contributed by atoms with Crippen LogP contribution in [0.1, 0.15) is 5.76 Å². The van der Waals surface area contributed by atoms with Gasteiger partial charge in [0.1, 0.15) is 28.2 Å². The third kappa shape index (κ3) is 3.43. The fourth-order valence-corrected chi connectivity index (χ4v) is 3.48. The minimum atomic E-state index is -0.569. The van der Waals surface area contributed by atoms with Crippen LogP contribution in [-0.4, -0.2) is 24.7 Å². The standard InChI is InChI=1S/C18H15N3O4S/c1-24-15-7-3-2-6-14(15)21-16(22)11-26-18(21)13(9-19)17(23)20-10-12-5-4-8-25-12/h2-8H,10-11H2,1H3,(H,20,23)/b18-13-. The summed E-state index contributed by atoms with van der Waals surface area (Å²) >= 11 is 1.15. The maximum Gasteiger partial charge on any atom is 0.265 e. The number of benzene rings is 1. The van der Waals surface area contributed by atoms with E-state index in [-0.39, 0.29) is 23.8 Å². The van der Waals surface area contributed by atoms with Crippen LogP contribution < -0.4 is 15.0 Å². The van der Waals surface area contributed by atoms with Crippen LogP contribution in [-0.2, 0) is 16.1 Å². The molecule has 2 aromatic rings. The fourth-order valence-electron chi connectivity index (χ4n) is 2.48. The van der Waals surface area contributed by atoms with Crippen molar-refractivity contribution in [3.05, 3.63) is 59.0 Å². The summed E-state index contributed by atoms with van der Waals surface area (Å²) in [5, 5.41) is 12.4. The average Bonchev–Trinajstić information content (AvgIpc) is 3.31. The van der Waals surface area contributed by atoms with Crippen LogP contribution in [0.2, 0.25) is 0 Å². The first-order valence-electron chi connectivity index (χ1n) is 7.69. The molecule has 2 heterocycles. The number of carbonyl (C=O) groups excluding carboxylic acids is 2. The fraction of sp³-hybridized carbons (Fsp3) is 0.167. The molecule has 3 rings (SSSR count). The second-order valence-corrected chi connectivity index (χ2v) is 6.21. The molecule has 1 fully saturated rings. The Labute approximate surface area is 154 Å². The van der Waals surface area contributed by atoms with Gasteiger partial charge in [0.25, 0.3) is 5.91 Å². The van der Waals surface area contributed by atoms with Crippen molar-refractivity contribution < 1.29 is 18.7 Å². The highest BCUT2D eigenvalue weighted by Crippen LogP contribution is 2.40. The Morgan fingerprint density at radius 2 is 2.19 bits per heavy atom. The number of methoxy groups -OCH3 is 1. The van der Waals surface area contributed by atoms with Crippen molar-refractivity contribution >= 4 is 29.3 Å². The SMILES string of the molecule is COc1ccccc1N1C(=O)CS/C1=C(/C#N)C(=O)NCc1ccco1. The number of carbonyl (C=O) groups is 2. The van der Waals surface area contributed by atoms with E-state index in [1.54, 1.807) is 36.4 Å². The van der Waals surface area contributed by atoms with E-state index in [2.05, 4.69) is 5.32 Å². The first-order chi connectivity index (χ1) is 12.7. The third-order valence-electron chi connectivity index (χ3n) is 3.67. The molecule has 132 valence electrons.